The third-order valence-corrected chi connectivity index (χ3v) is 6.45. The molecule has 1 amide bonds. The third-order valence-electron chi connectivity index (χ3n) is 5.80. The number of unbranched alkanes of at least 4 members (excludes halogenated alkanes) is 1. The number of halogens is 1. The predicted molar refractivity (Wildman–Crippen MR) is 121 cm³/mol. The molecule has 0 atom stereocenters. The number of hydrogen-bond donors (Lipinski definition) is 0. The molecule has 4 nitrogen and oxygen atoms in total. The van der Waals surface area contributed by atoms with Gasteiger partial charge in [-0.15, -0.1) is 0 Å². The van der Waals surface area contributed by atoms with Gasteiger partial charge in [0.05, 0.1) is 10.2 Å². The molecule has 0 radical (unpaired) electrons. The minimum atomic E-state index is -0.527. The summed E-state index contributed by atoms with van der Waals surface area (Å²) in [7, 11) is 0. The van der Waals surface area contributed by atoms with Crippen molar-refractivity contribution in [2.24, 2.45) is 4.99 Å². The third kappa shape index (κ3) is 4.11. The van der Waals surface area contributed by atoms with E-state index in [0.29, 0.717) is 6.61 Å². The molecular weight excluding hydrogens is 428 g/mol. The molecule has 1 aliphatic carbocycles. The summed E-state index contributed by atoms with van der Waals surface area (Å²) in [6.07, 6.45) is 6.84. The number of anilines is 1. The van der Waals surface area contributed by atoms with Gasteiger partial charge in [0.15, 0.2) is 0 Å². The Morgan fingerprint density at radius 3 is 2.62 bits per heavy atom. The minimum absolute atomic E-state index is 0.137. The van der Waals surface area contributed by atoms with E-state index in [-0.39, 0.29) is 5.91 Å². The van der Waals surface area contributed by atoms with Crippen molar-refractivity contribution < 1.29 is 9.53 Å². The Morgan fingerprint density at radius 1 is 1.14 bits per heavy atom. The number of amidine groups is 1. The molecule has 2 aliphatic rings. The van der Waals surface area contributed by atoms with Crippen LogP contribution in [-0.2, 0) is 11.4 Å². The summed E-state index contributed by atoms with van der Waals surface area (Å²) in [6, 6.07) is 16.0. The van der Waals surface area contributed by atoms with Crippen LogP contribution in [0.1, 0.15) is 57.4 Å². The molecule has 4 rings (SSSR count). The summed E-state index contributed by atoms with van der Waals surface area (Å²) in [5.41, 5.74) is 1.43. The second-order valence-corrected chi connectivity index (χ2v) is 8.75. The lowest BCUT2D eigenvalue weighted by molar-refractivity contribution is -0.121. The van der Waals surface area contributed by atoms with E-state index >= 15 is 0 Å². The second kappa shape index (κ2) is 8.70. The Labute approximate surface area is 181 Å². The molecule has 1 aliphatic heterocycles. The normalized spacial score (nSPS) is 17.8. The van der Waals surface area contributed by atoms with Crippen molar-refractivity contribution in [3.8, 4) is 5.75 Å². The van der Waals surface area contributed by atoms with Gasteiger partial charge in [0, 0.05) is 12.5 Å². The standard InChI is InChI=1S/C24H27BrN2O2/c1-2-3-11-22-26-24(14-7-8-15-24)23(28)27(22)19-12-13-20(25)21(16-19)29-17-18-9-5-4-6-10-18/h4-6,9-10,12-13,16H,2-3,7-8,11,14-15,17H2,1H3. The minimum Gasteiger partial charge on any atom is -0.488 e. The van der Waals surface area contributed by atoms with Gasteiger partial charge in [-0.05, 0) is 52.9 Å². The van der Waals surface area contributed by atoms with Gasteiger partial charge in [-0.3, -0.25) is 14.7 Å². The van der Waals surface area contributed by atoms with Crippen molar-refractivity contribution in [1.82, 2.24) is 0 Å². The van der Waals surface area contributed by atoms with E-state index in [1.165, 1.54) is 0 Å². The number of aliphatic imine (C=N–C) groups is 1. The lowest BCUT2D eigenvalue weighted by Gasteiger charge is -2.23. The maximum atomic E-state index is 13.4. The SMILES string of the molecule is CCCCC1=NC2(CCCC2)C(=O)N1c1ccc(Br)c(OCc2ccccc2)c1. The molecule has 1 spiro atoms. The van der Waals surface area contributed by atoms with Gasteiger partial charge in [0.25, 0.3) is 5.91 Å². The van der Waals surface area contributed by atoms with Crippen LogP contribution in [0.2, 0.25) is 0 Å². The van der Waals surface area contributed by atoms with E-state index in [4.69, 9.17) is 9.73 Å². The lowest BCUT2D eigenvalue weighted by Crippen LogP contribution is -2.41. The molecule has 1 fully saturated rings. The molecule has 1 heterocycles. The Morgan fingerprint density at radius 2 is 1.90 bits per heavy atom. The molecule has 2 aromatic carbocycles. The summed E-state index contributed by atoms with van der Waals surface area (Å²) in [5, 5.41) is 0. The molecule has 2 aromatic rings. The molecule has 0 N–H and O–H groups in total. The summed E-state index contributed by atoms with van der Waals surface area (Å²) in [6.45, 7) is 2.65. The monoisotopic (exact) mass is 454 g/mol. The summed E-state index contributed by atoms with van der Waals surface area (Å²) < 4.78 is 6.95. The van der Waals surface area contributed by atoms with Gasteiger partial charge in [-0.1, -0.05) is 56.5 Å². The first-order valence-corrected chi connectivity index (χ1v) is 11.3. The van der Waals surface area contributed by atoms with Gasteiger partial charge < -0.3 is 4.74 Å². The maximum absolute atomic E-state index is 13.4. The molecule has 29 heavy (non-hydrogen) atoms. The molecular formula is C24H27BrN2O2. The zero-order chi connectivity index (χ0) is 20.3. The Balaban J connectivity index is 1.60. The smallest absolute Gasteiger partial charge is 0.260 e. The topological polar surface area (TPSA) is 41.9 Å². The Hall–Kier alpha value is -2.14. The van der Waals surface area contributed by atoms with Gasteiger partial charge in [0.2, 0.25) is 0 Å². The molecule has 152 valence electrons. The van der Waals surface area contributed by atoms with Crippen LogP contribution in [0.3, 0.4) is 0 Å². The highest BCUT2D eigenvalue weighted by Crippen LogP contribution is 2.42. The van der Waals surface area contributed by atoms with Crippen molar-refractivity contribution in [3.05, 3.63) is 58.6 Å². The van der Waals surface area contributed by atoms with E-state index < -0.39 is 5.54 Å². The molecule has 0 saturated heterocycles. The zero-order valence-electron chi connectivity index (χ0n) is 16.9. The fraction of sp³-hybridized carbons (Fsp3) is 0.417. The van der Waals surface area contributed by atoms with Crippen LogP contribution in [-0.4, -0.2) is 17.3 Å². The fourth-order valence-electron chi connectivity index (χ4n) is 4.20. The second-order valence-electron chi connectivity index (χ2n) is 7.90. The number of rotatable bonds is 7. The first-order chi connectivity index (χ1) is 14.1. The van der Waals surface area contributed by atoms with E-state index in [1.807, 2.05) is 53.4 Å². The molecule has 0 bridgehead atoms. The number of hydrogen-bond acceptors (Lipinski definition) is 3. The van der Waals surface area contributed by atoms with E-state index in [0.717, 1.165) is 72.3 Å². The van der Waals surface area contributed by atoms with Crippen molar-refractivity contribution in [2.45, 2.75) is 64.0 Å². The highest BCUT2D eigenvalue weighted by molar-refractivity contribution is 9.10. The number of amides is 1. The molecule has 0 aromatic heterocycles. The average Bonchev–Trinajstić information content (AvgIpc) is 3.32. The first-order valence-electron chi connectivity index (χ1n) is 10.5. The summed E-state index contributed by atoms with van der Waals surface area (Å²) >= 11 is 3.59. The predicted octanol–water partition coefficient (Wildman–Crippen LogP) is 6.28. The number of benzene rings is 2. The maximum Gasteiger partial charge on any atom is 0.260 e. The number of nitrogens with zero attached hydrogens (tertiary/aromatic N) is 2. The van der Waals surface area contributed by atoms with Crippen molar-refractivity contribution in [3.63, 3.8) is 0 Å². The van der Waals surface area contributed by atoms with Gasteiger partial charge in [-0.2, -0.15) is 0 Å². The van der Waals surface area contributed by atoms with Crippen LogP contribution in [0, 0.1) is 0 Å². The van der Waals surface area contributed by atoms with E-state index in [1.54, 1.807) is 0 Å². The van der Waals surface area contributed by atoms with Crippen LogP contribution in [0.15, 0.2) is 58.0 Å². The van der Waals surface area contributed by atoms with Gasteiger partial charge in [0.1, 0.15) is 23.7 Å². The van der Waals surface area contributed by atoms with Gasteiger partial charge in [-0.25, -0.2) is 0 Å². The van der Waals surface area contributed by atoms with Crippen molar-refractivity contribution in [1.29, 1.82) is 0 Å². The number of carbonyl (C=O) groups excluding carboxylic acids is 1. The van der Waals surface area contributed by atoms with Crippen LogP contribution in [0.4, 0.5) is 5.69 Å². The quantitative estimate of drug-likeness (QED) is 0.493. The average molecular weight is 455 g/mol. The number of carbonyl (C=O) groups is 1. The molecule has 1 saturated carbocycles. The summed E-state index contributed by atoms with van der Waals surface area (Å²) in [4.78, 5) is 20.3. The summed E-state index contributed by atoms with van der Waals surface area (Å²) in [5.74, 6) is 1.79. The molecule has 5 heteroatoms. The largest absolute Gasteiger partial charge is 0.488 e. The van der Waals surface area contributed by atoms with Gasteiger partial charge >= 0.3 is 0 Å². The lowest BCUT2D eigenvalue weighted by atomic mass is 9.98. The Kier molecular flexibility index (Phi) is 6.04. The highest BCUT2D eigenvalue weighted by Gasteiger charge is 2.49. The van der Waals surface area contributed by atoms with Crippen LogP contribution >= 0.6 is 15.9 Å². The highest BCUT2D eigenvalue weighted by atomic mass is 79.9. The van der Waals surface area contributed by atoms with E-state index in [2.05, 4.69) is 22.9 Å². The van der Waals surface area contributed by atoms with Crippen LogP contribution < -0.4 is 9.64 Å². The molecule has 0 unspecified atom stereocenters. The van der Waals surface area contributed by atoms with Crippen LogP contribution in [0.5, 0.6) is 5.75 Å². The van der Waals surface area contributed by atoms with Crippen molar-refractivity contribution in [2.75, 3.05) is 4.90 Å². The fourth-order valence-corrected chi connectivity index (χ4v) is 4.56. The first kappa shape index (κ1) is 20.1. The Bertz CT molecular complexity index is 904. The zero-order valence-corrected chi connectivity index (χ0v) is 18.5. The number of ether oxygens (including phenoxy) is 1. The van der Waals surface area contributed by atoms with Crippen molar-refractivity contribution >= 4 is 33.4 Å². The van der Waals surface area contributed by atoms with Crippen LogP contribution in [0.25, 0.3) is 0 Å². The van der Waals surface area contributed by atoms with E-state index in [9.17, 15) is 4.79 Å².